The lowest BCUT2D eigenvalue weighted by Gasteiger charge is -2.08. The summed E-state index contributed by atoms with van der Waals surface area (Å²) in [5.74, 6) is 1.51. The van der Waals surface area contributed by atoms with Crippen LogP contribution in [0.1, 0.15) is 6.92 Å². The molecule has 0 fully saturated rings. The van der Waals surface area contributed by atoms with Crippen molar-refractivity contribution in [1.82, 2.24) is 9.97 Å². The SMILES string of the molecule is CCOc1cccc(Oc2nc(Cl)ncc2N)c1. The molecule has 0 bridgehead atoms. The van der Waals surface area contributed by atoms with E-state index in [9.17, 15) is 0 Å². The van der Waals surface area contributed by atoms with Gasteiger partial charge in [-0.15, -0.1) is 0 Å². The molecule has 2 aromatic rings. The van der Waals surface area contributed by atoms with Gasteiger partial charge in [0.1, 0.15) is 17.2 Å². The van der Waals surface area contributed by atoms with Crippen LogP contribution in [0.3, 0.4) is 0 Å². The first-order valence-corrected chi connectivity index (χ1v) is 5.75. The van der Waals surface area contributed by atoms with Crippen LogP contribution in [0, 0.1) is 0 Å². The molecule has 94 valence electrons. The van der Waals surface area contributed by atoms with E-state index in [2.05, 4.69) is 9.97 Å². The molecular formula is C12H12ClN3O2. The van der Waals surface area contributed by atoms with Crippen LogP contribution in [0.4, 0.5) is 5.69 Å². The highest BCUT2D eigenvalue weighted by Crippen LogP contribution is 2.27. The first kappa shape index (κ1) is 12.4. The van der Waals surface area contributed by atoms with Gasteiger partial charge in [0.2, 0.25) is 11.2 Å². The van der Waals surface area contributed by atoms with E-state index in [1.807, 2.05) is 19.1 Å². The van der Waals surface area contributed by atoms with Crippen molar-refractivity contribution in [1.29, 1.82) is 0 Å². The molecule has 1 aromatic carbocycles. The second kappa shape index (κ2) is 5.55. The van der Waals surface area contributed by atoms with Gasteiger partial charge in [0.25, 0.3) is 0 Å². The zero-order valence-corrected chi connectivity index (χ0v) is 10.5. The third-order valence-corrected chi connectivity index (χ3v) is 2.26. The quantitative estimate of drug-likeness (QED) is 0.861. The molecule has 0 aliphatic heterocycles. The number of nitrogens with zero attached hydrogens (tertiary/aromatic N) is 2. The van der Waals surface area contributed by atoms with Crippen LogP contribution in [0.25, 0.3) is 0 Å². The lowest BCUT2D eigenvalue weighted by atomic mass is 10.3. The van der Waals surface area contributed by atoms with Crippen molar-refractivity contribution in [2.24, 2.45) is 0 Å². The fourth-order valence-corrected chi connectivity index (χ4v) is 1.47. The highest BCUT2D eigenvalue weighted by atomic mass is 35.5. The van der Waals surface area contributed by atoms with E-state index < -0.39 is 0 Å². The van der Waals surface area contributed by atoms with Crippen molar-refractivity contribution in [3.63, 3.8) is 0 Å². The number of nitrogen functional groups attached to an aromatic ring is 1. The van der Waals surface area contributed by atoms with Crippen molar-refractivity contribution in [3.8, 4) is 17.4 Å². The average Bonchev–Trinajstić information content (AvgIpc) is 2.35. The van der Waals surface area contributed by atoms with Crippen LogP contribution in [-0.2, 0) is 0 Å². The topological polar surface area (TPSA) is 70.3 Å². The number of hydrogen-bond donors (Lipinski definition) is 1. The summed E-state index contributed by atoms with van der Waals surface area (Å²) in [6.45, 7) is 2.50. The summed E-state index contributed by atoms with van der Waals surface area (Å²) in [6.07, 6.45) is 1.40. The lowest BCUT2D eigenvalue weighted by Crippen LogP contribution is -1.97. The molecular weight excluding hydrogens is 254 g/mol. The Kier molecular flexibility index (Phi) is 3.84. The van der Waals surface area contributed by atoms with E-state index in [0.717, 1.165) is 0 Å². The van der Waals surface area contributed by atoms with Gasteiger partial charge in [0, 0.05) is 6.07 Å². The van der Waals surface area contributed by atoms with Gasteiger partial charge in [0.05, 0.1) is 12.8 Å². The standard InChI is InChI=1S/C12H12ClN3O2/c1-2-17-8-4-3-5-9(6-8)18-11-10(14)7-15-12(13)16-11/h3-7H,2,14H2,1H3. The van der Waals surface area contributed by atoms with Crippen LogP contribution in [0.2, 0.25) is 5.28 Å². The molecule has 1 aromatic heterocycles. The molecule has 0 saturated heterocycles. The highest BCUT2D eigenvalue weighted by Gasteiger charge is 2.06. The normalized spacial score (nSPS) is 10.1. The minimum atomic E-state index is 0.0835. The Hall–Kier alpha value is -2.01. The Morgan fingerprint density at radius 2 is 2.11 bits per heavy atom. The van der Waals surface area contributed by atoms with Crippen LogP contribution in [-0.4, -0.2) is 16.6 Å². The molecule has 6 heteroatoms. The summed E-state index contributed by atoms with van der Waals surface area (Å²) in [6, 6.07) is 7.18. The average molecular weight is 266 g/mol. The van der Waals surface area contributed by atoms with Gasteiger partial charge in [-0.2, -0.15) is 4.98 Å². The summed E-state index contributed by atoms with van der Waals surface area (Å²) < 4.78 is 10.9. The third-order valence-electron chi connectivity index (χ3n) is 2.08. The second-order valence-electron chi connectivity index (χ2n) is 3.41. The summed E-state index contributed by atoms with van der Waals surface area (Å²) in [4.78, 5) is 7.66. The number of hydrogen-bond acceptors (Lipinski definition) is 5. The lowest BCUT2D eigenvalue weighted by molar-refractivity contribution is 0.338. The maximum absolute atomic E-state index is 5.69. The van der Waals surface area contributed by atoms with Gasteiger partial charge < -0.3 is 15.2 Å². The number of rotatable bonds is 4. The minimum Gasteiger partial charge on any atom is -0.494 e. The molecule has 0 spiro atoms. The molecule has 18 heavy (non-hydrogen) atoms. The van der Waals surface area contributed by atoms with Gasteiger partial charge >= 0.3 is 0 Å². The Labute approximate surface area is 110 Å². The highest BCUT2D eigenvalue weighted by molar-refractivity contribution is 6.28. The number of aromatic nitrogens is 2. The zero-order chi connectivity index (χ0) is 13.0. The van der Waals surface area contributed by atoms with Crippen molar-refractivity contribution in [2.45, 2.75) is 6.92 Å². The predicted molar refractivity (Wildman–Crippen MR) is 69.1 cm³/mol. The van der Waals surface area contributed by atoms with Gasteiger partial charge in [-0.25, -0.2) is 4.98 Å². The fraction of sp³-hybridized carbons (Fsp3) is 0.167. The van der Waals surface area contributed by atoms with Crippen molar-refractivity contribution < 1.29 is 9.47 Å². The summed E-state index contributed by atoms with van der Waals surface area (Å²) in [5.41, 5.74) is 6.01. The van der Waals surface area contributed by atoms with Crippen molar-refractivity contribution >= 4 is 17.3 Å². The van der Waals surface area contributed by atoms with Gasteiger partial charge in [-0.3, -0.25) is 0 Å². The number of ether oxygens (including phenoxy) is 2. The van der Waals surface area contributed by atoms with E-state index in [1.54, 1.807) is 12.1 Å². The van der Waals surface area contributed by atoms with Gasteiger partial charge in [-0.1, -0.05) is 6.07 Å². The Morgan fingerprint density at radius 3 is 2.89 bits per heavy atom. The molecule has 0 aliphatic carbocycles. The van der Waals surface area contributed by atoms with Crippen LogP contribution >= 0.6 is 11.6 Å². The number of nitrogens with two attached hydrogens (primary N) is 1. The fourth-order valence-electron chi connectivity index (χ4n) is 1.34. The number of halogens is 1. The van der Waals surface area contributed by atoms with Crippen molar-refractivity contribution in [2.75, 3.05) is 12.3 Å². The van der Waals surface area contributed by atoms with E-state index in [4.69, 9.17) is 26.8 Å². The summed E-state index contributed by atoms with van der Waals surface area (Å²) in [7, 11) is 0. The van der Waals surface area contributed by atoms with E-state index in [-0.39, 0.29) is 11.2 Å². The first-order valence-electron chi connectivity index (χ1n) is 5.37. The first-order chi connectivity index (χ1) is 8.69. The molecule has 0 radical (unpaired) electrons. The van der Waals surface area contributed by atoms with Crippen molar-refractivity contribution in [3.05, 3.63) is 35.7 Å². The summed E-state index contributed by atoms with van der Waals surface area (Å²) >= 11 is 5.68. The minimum absolute atomic E-state index is 0.0835. The number of benzene rings is 1. The molecule has 5 nitrogen and oxygen atoms in total. The largest absolute Gasteiger partial charge is 0.494 e. The van der Waals surface area contributed by atoms with Gasteiger partial charge in [0.15, 0.2) is 0 Å². The number of anilines is 1. The molecule has 0 atom stereocenters. The molecule has 1 heterocycles. The molecule has 0 aliphatic rings. The maximum atomic E-state index is 5.69. The van der Waals surface area contributed by atoms with E-state index in [0.29, 0.717) is 23.8 Å². The Morgan fingerprint density at radius 1 is 1.33 bits per heavy atom. The maximum Gasteiger partial charge on any atom is 0.247 e. The molecule has 0 saturated carbocycles. The Balaban J connectivity index is 2.22. The molecule has 0 unspecified atom stereocenters. The smallest absolute Gasteiger partial charge is 0.247 e. The van der Waals surface area contributed by atoms with E-state index in [1.165, 1.54) is 6.20 Å². The van der Waals surface area contributed by atoms with Crippen LogP contribution in [0.15, 0.2) is 30.5 Å². The summed E-state index contributed by atoms with van der Waals surface area (Å²) in [5, 5.41) is 0.0835. The molecule has 2 rings (SSSR count). The Bertz CT molecular complexity index is 549. The zero-order valence-electron chi connectivity index (χ0n) is 9.76. The van der Waals surface area contributed by atoms with Crippen LogP contribution < -0.4 is 15.2 Å². The monoisotopic (exact) mass is 265 g/mol. The predicted octanol–water partition coefficient (Wildman–Crippen LogP) is 2.90. The van der Waals surface area contributed by atoms with Crippen LogP contribution in [0.5, 0.6) is 17.4 Å². The molecule has 0 amide bonds. The second-order valence-corrected chi connectivity index (χ2v) is 3.75. The van der Waals surface area contributed by atoms with Gasteiger partial charge in [-0.05, 0) is 30.7 Å². The third kappa shape index (κ3) is 3.01. The molecule has 2 N–H and O–H groups in total. The van der Waals surface area contributed by atoms with E-state index >= 15 is 0 Å².